The minimum absolute atomic E-state index is 0.00739. The molecule has 1 amide bonds. The second kappa shape index (κ2) is 11.8. The number of carbonyl (C=O) groups excluding carboxylic acids is 1. The van der Waals surface area contributed by atoms with E-state index in [4.69, 9.17) is 9.47 Å². The van der Waals surface area contributed by atoms with Crippen molar-refractivity contribution in [1.82, 2.24) is 4.90 Å². The summed E-state index contributed by atoms with van der Waals surface area (Å²) in [5, 5.41) is 9.98. The quantitative estimate of drug-likeness (QED) is 0.462. The van der Waals surface area contributed by atoms with E-state index >= 15 is 0 Å². The van der Waals surface area contributed by atoms with Crippen LogP contribution in [0.1, 0.15) is 48.2 Å². The van der Waals surface area contributed by atoms with E-state index in [0.29, 0.717) is 48.3 Å². The number of halogens is 2. The molecule has 0 radical (unpaired) electrons. The number of alkyl halides is 2. The molecule has 2 aromatic carbocycles. The van der Waals surface area contributed by atoms with Gasteiger partial charge in [-0.25, -0.2) is 17.2 Å². The molecule has 2 saturated heterocycles. The molecule has 8 nitrogen and oxygen atoms in total. The Hall–Kier alpha value is -2.76. The SMILES string of the molecule is Cc1cc(C(=O)N2CC(F)(F)C2)ccc1N(CC(C)C)S(=O)(=O)c1ccc(OCC2CCOCC2)c(CO)c1. The summed E-state index contributed by atoms with van der Waals surface area (Å²) in [6, 6.07) is 9.01. The molecule has 214 valence electrons. The Morgan fingerprint density at radius 3 is 2.46 bits per heavy atom. The standard InChI is InChI=1S/C28H36F2N2O6S/c1-19(2)14-32(25-6-4-22(12-20(25)3)27(34)31-17-28(29,30)18-31)39(35,36)24-5-7-26(23(13-24)15-33)38-16-21-8-10-37-11-9-21/h4-7,12-13,19,21,33H,8-11,14-18H2,1-3H3. The second-order valence-electron chi connectivity index (χ2n) is 10.7. The Morgan fingerprint density at radius 1 is 1.18 bits per heavy atom. The van der Waals surface area contributed by atoms with Gasteiger partial charge in [-0.05, 0) is 73.6 Å². The van der Waals surface area contributed by atoms with E-state index in [1.165, 1.54) is 28.6 Å². The van der Waals surface area contributed by atoms with Gasteiger partial charge in [-0.15, -0.1) is 0 Å². The van der Waals surface area contributed by atoms with Crippen LogP contribution in [0, 0.1) is 18.8 Å². The molecule has 0 bridgehead atoms. The number of amides is 1. The van der Waals surface area contributed by atoms with Gasteiger partial charge in [0.25, 0.3) is 21.9 Å². The van der Waals surface area contributed by atoms with Gasteiger partial charge in [-0.3, -0.25) is 9.10 Å². The smallest absolute Gasteiger partial charge is 0.282 e. The zero-order chi connectivity index (χ0) is 28.4. The van der Waals surface area contributed by atoms with Gasteiger partial charge in [0, 0.05) is 30.9 Å². The molecule has 2 heterocycles. The minimum Gasteiger partial charge on any atom is -0.493 e. The van der Waals surface area contributed by atoms with E-state index in [0.717, 1.165) is 17.7 Å². The maximum absolute atomic E-state index is 13.9. The maximum Gasteiger partial charge on any atom is 0.282 e. The topological polar surface area (TPSA) is 96.4 Å². The van der Waals surface area contributed by atoms with Crippen molar-refractivity contribution < 1.29 is 36.6 Å². The van der Waals surface area contributed by atoms with E-state index in [2.05, 4.69) is 0 Å². The Bertz CT molecular complexity index is 1290. The fourth-order valence-corrected chi connectivity index (χ4v) is 6.54. The highest BCUT2D eigenvalue weighted by Gasteiger charge is 2.46. The zero-order valence-corrected chi connectivity index (χ0v) is 23.3. The van der Waals surface area contributed by atoms with Crippen LogP contribution >= 0.6 is 0 Å². The third-order valence-electron chi connectivity index (χ3n) is 6.98. The average Bonchev–Trinajstić information content (AvgIpc) is 2.89. The monoisotopic (exact) mass is 566 g/mol. The van der Waals surface area contributed by atoms with Crippen LogP contribution in [0.5, 0.6) is 5.75 Å². The number of nitrogens with zero attached hydrogens (tertiary/aromatic N) is 2. The molecule has 1 N–H and O–H groups in total. The molecule has 2 aliphatic rings. The zero-order valence-electron chi connectivity index (χ0n) is 22.5. The number of carbonyl (C=O) groups is 1. The summed E-state index contributed by atoms with van der Waals surface area (Å²) in [7, 11) is -4.06. The molecule has 2 aromatic rings. The minimum atomic E-state index is -4.06. The second-order valence-corrected chi connectivity index (χ2v) is 12.6. The molecular weight excluding hydrogens is 530 g/mol. The van der Waals surface area contributed by atoms with Crippen molar-refractivity contribution in [2.24, 2.45) is 11.8 Å². The highest BCUT2D eigenvalue weighted by atomic mass is 32.2. The van der Waals surface area contributed by atoms with Crippen LogP contribution in [-0.4, -0.2) is 69.7 Å². The van der Waals surface area contributed by atoms with Crippen molar-refractivity contribution >= 4 is 21.6 Å². The van der Waals surface area contributed by atoms with Crippen LogP contribution in [0.2, 0.25) is 0 Å². The average molecular weight is 567 g/mol. The molecule has 4 rings (SSSR count). The number of aliphatic hydroxyl groups excluding tert-OH is 1. The van der Waals surface area contributed by atoms with E-state index in [9.17, 15) is 27.1 Å². The molecule has 0 atom stereocenters. The van der Waals surface area contributed by atoms with Crippen molar-refractivity contribution in [3.05, 3.63) is 53.1 Å². The van der Waals surface area contributed by atoms with E-state index < -0.39 is 34.9 Å². The van der Waals surface area contributed by atoms with Gasteiger partial charge in [0.15, 0.2) is 0 Å². The fourth-order valence-electron chi connectivity index (χ4n) is 4.79. The fraction of sp³-hybridized carbons (Fsp3) is 0.536. The predicted molar refractivity (Wildman–Crippen MR) is 143 cm³/mol. The third kappa shape index (κ3) is 6.70. The number of rotatable bonds is 10. The third-order valence-corrected chi connectivity index (χ3v) is 8.76. The highest BCUT2D eigenvalue weighted by molar-refractivity contribution is 7.92. The number of likely N-dealkylation sites (tertiary alicyclic amines) is 1. The molecule has 11 heteroatoms. The van der Waals surface area contributed by atoms with Crippen LogP contribution in [0.15, 0.2) is 41.3 Å². The van der Waals surface area contributed by atoms with Gasteiger partial charge in [-0.1, -0.05) is 13.8 Å². The molecule has 2 aliphatic heterocycles. The van der Waals surface area contributed by atoms with Crippen molar-refractivity contribution in [3.63, 3.8) is 0 Å². The lowest BCUT2D eigenvalue weighted by Crippen LogP contribution is -2.58. The summed E-state index contributed by atoms with van der Waals surface area (Å²) in [5.41, 5.74) is 1.51. The number of aryl methyl sites for hydroxylation is 1. The van der Waals surface area contributed by atoms with Gasteiger partial charge in [-0.2, -0.15) is 0 Å². The first-order valence-electron chi connectivity index (χ1n) is 13.2. The van der Waals surface area contributed by atoms with Crippen LogP contribution in [0.3, 0.4) is 0 Å². The first-order chi connectivity index (χ1) is 18.4. The van der Waals surface area contributed by atoms with E-state index in [-0.39, 0.29) is 29.5 Å². The Kier molecular flexibility index (Phi) is 8.82. The van der Waals surface area contributed by atoms with Crippen LogP contribution in [-0.2, 0) is 21.4 Å². The highest BCUT2D eigenvalue weighted by Crippen LogP contribution is 2.33. The summed E-state index contributed by atoms with van der Waals surface area (Å²) in [6.45, 7) is 5.85. The maximum atomic E-state index is 13.9. The number of hydrogen-bond acceptors (Lipinski definition) is 6. The summed E-state index contributed by atoms with van der Waals surface area (Å²) in [6.07, 6.45) is 1.78. The normalized spacial score (nSPS) is 17.7. The first-order valence-corrected chi connectivity index (χ1v) is 14.6. The van der Waals surface area contributed by atoms with Gasteiger partial charge in [0.2, 0.25) is 0 Å². The van der Waals surface area contributed by atoms with E-state index in [1.54, 1.807) is 19.1 Å². The molecule has 0 aliphatic carbocycles. The Morgan fingerprint density at radius 2 is 1.87 bits per heavy atom. The molecule has 0 spiro atoms. The van der Waals surface area contributed by atoms with Gasteiger partial charge in [0.1, 0.15) is 5.75 Å². The van der Waals surface area contributed by atoms with Crippen LogP contribution in [0.4, 0.5) is 14.5 Å². The van der Waals surface area contributed by atoms with Gasteiger partial charge < -0.3 is 19.5 Å². The van der Waals surface area contributed by atoms with Crippen molar-refractivity contribution in [1.29, 1.82) is 0 Å². The largest absolute Gasteiger partial charge is 0.493 e. The number of ether oxygens (including phenoxy) is 2. The van der Waals surface area contributed by atoms with Crippen molar-refractivity contribution in [2.75, 3.05) is 43.8 Å². The summed E-state index contributed by atoms with van der Waals surface area (Å²) >= 11 is 0. The lowest BCUT2D eigenvalue weighted by atomic mass is 10.0. The van der Waals surface area contributed by atoms with Gasteiger partial charge >= 0.3 is 0 Å². The number of sulfonamides is 1. The summed E-state index contributed by atoms with van der Waals surface area (Å²) in [5.74, 6) is -2.63. The first kappa shape index (κ1) is 29.2. The number of anilines is 1. The molecule has 0 saturated carbocycles. The molecular formula is C28H36F2N2O6S. The molecule has 39 heavy (non-hydrogen) atoms. The van der Waals surface area contributed by atoms with Gasteiger partial charge in [0.05, 0.1) is 36.9 Å². The Balaban J connectivity index is 1.58. The lowest BCUT2D eigenvalue weighted by molar-refractivity contribution is -0.113. The molecule has 2 fully saturated rings. The number of benzene rings is 2. The van der Waals surface area contributed by atoms with E-state index in [1.807, 2.05) is 13.8 Å². The van der Waals surface area contributed by atoms with Crippen molar-refractivity contribution in [3.8, 4) is 5.75 Å². The number of aliphatic hydroxyl groups is 1. The lowest BCUT2D eigenvalue weighted by Gasteiger charge is -2.38. The summed E-state index contributed by atoms with van der Waals surface area (Å²) < 4.78 is 66.9. The molecule has 0 aromatic heterocycles. The predicted octanol–water partition coefficient (Wildman–Crippen LogP) is 4.24. The van der Waals surface area contributed by atoms with Crippen LogP contribution in [0.25, 0.3) is 0 Å². The van der Waals surface area contributed by atoms with Crippen LogP contribution < -0.4 is 9.04 Å². The van der Waals surface area contributed by atoms with Crippen molar-refractivity contribution in [2.45, 2.75) is 51.0 Å². The molecule has 0 unspecified atom stereocenters. The number of hydrogen-bond donors (Lipinski definition) is 1. The Labute approximate surface area is 228 Å². The summed E-state index contributed by atoms with van der Waals surface area (Å²) in [4.78, 5) is 13.7.